The molecule has 1 aliphatic heterocycles. The first kappa shape index (κ1) is 30.6. The Kier molecular flexibility index (Phi) is 8.68. The highest BCUT2D eigenvalue weighted by Crippen LogP contribution is 2.61. The molecule has 3 aliphatic carbocycles. The SMILES string of the molecule is CCN1CCC(CN/C(=N\C2C[C@@H]3C[C@H]([C@@H]2C)C3(C)C)Nc2ccc3c(=O)n(CCc4ccc(OC)cc4F)cnc3c2)C1. The van der Waals surface area contributed by atoms with E-state index >= 15 is 0 Å². The fourth-order valence-corrected chi connectivity index (χ4v) is 7.82. The number of fused-ring (bicyclic) bond motifs is 3. The first-order valence-electron chi connectivity index (χ1n) is 16.3. The summed E-state index contributed by atoms with van der Waals surface area (Å²) in [4.78, 5) is 25.7. The van der Waals surface area contributed by atoms with Crippen LogP contribution in [0, 0.1) is 34.9 Å². The van der Waals surface area contributed by atoms with E-state index in [1.165, 1.54) is 26.0 Å². The number of aliphatic imine (C=N–C) groups is 1. The van der Waals surface area contributed by atoms with Crippen molar-refractivity contribution in [3.05, 3.63) is 64.5 Å². The molecule has 2 unspecified atom stereocenters. The van der Waals surface area contributed by atoms with Crippen molar-refractivity contribution in [2.75, 3.05) is 38.6 Å². The van der Waals surface area contributed by atoms with E-state index in [0.717, 1.165) is 56.1 Å². The molecule has 2 heterocycles. The number of hydrogen-bond acceptors (Lipinski definition) is 5. The Labute approximate surface area is 260 Å². The van der Waals surface area contributed by atoms with Crippen LogP contribution in [0.15, 0.2) is 52.5 Å². The fourth-order valence-electron chi connectivity index (χ4n) is 7.82. The van der Waals surface area contributed by atoms with E-state index in [1.54, 1.807) is 23.0 Å². The molecule has 4 fully saturated rings. The topological polar surface area (TPSA) is 83.8 Å². The zero-order valence-corrected chi connectivity index (χ0v) is 26.8. The number of halogens is 1. The molecule has 0 spiro atoms. The van der Waals surface area contributed by atoms with Crippen LogP contribution in [-0.4, -0.2) is 59.7 Å². The normalized spacial score (nSPS) is 26.4. The molecule has 3 saturated carbocycles. The maximum atomic E-state index is 14.4. The first-order valence-corrected chi connectivity index (χ1v) is 16.3. The third-order valence-electron chi connectivity index (χ3n) is 11.0. The van der Waals surface area contributed by atoms with Gasteiger partial charge in [0.2, 0.25) is 0 Å². The summed E-state index contributed by atoms with van der Waals surface area (Å²) in [5.74, 6) is 3.54. The van der Waals surface area contributed by atoms with Crippen LogP contribution in [0.3, 0.4) is 0 Å². The summed E-state index contributed by atoms with van der Waals surface area (Å²) in [5.41, 5.74) is 2.28. The minimum Gasteiger partial charge on any atom is -0.497 e. The smallest absolute Gasteiger partial charge is 0.261 e. The van der Waals surface area contributed by atoms with E-state index in [-0.39, 0.29) is 11.4 Å². The summed E-state index contributed by atoms with van der Waals surface area (Å²) in [6, 6.07) is 10.8. The lowest BCUT2D eigenvalue weighted by molar-refractivity contribution is -0.108. The van der Waals surface area contributed by atoms with Gasteiger partial charge in [0.1, 0.15) is 11.6 Å². The Morgan fingerprint density at radius 1 is 1.20 bits per heavy atom. The van der Waals surface area contributed by atoms with Crippen molar-refractivity contribution in [3.63, 3.8) is 0 Å². The number of nitrogens with zero attached hydrogens (tertiary/aromatic N) is 4. The van der Waals surface area contributed by atoms with Crippen LogP contribution in [0.4, 0.5) is 10.1 Å². The third-order valence-corrected chi connectivity index (χ3v) is 11.0. The van der Waals surface area contributed by atoms with E-state index < -0.39 is 0 Å². The molecular weight excluding hydrogens is 555 g/mol. The Hall–Kier alpha value is -3.46. The van der Waals surface area contributed by atoms with Gasteiger partial charge in [0.15, 0.2) is 5.96 Å². The number of ether oxygens (including phenoxy) is 1. The maximum Gasteiger partial charge on any atom is 0.261 e. The first-order chi connectivity index (χ1) is 21.2. The zero-order valence-electron chi connectivity index (χ0n) is 26.8. The standard InChI is InChI=1S/C35H47FN6O2/c1-6-41-13-11-23(20-41)19-37-34(40-31-16-25-15-29(22(31)2)35(25,3)4)39-26-8-10-28-32(17-26)38-21-42(33(28)43)14-12-24-7-9-27(44-5)18-30(24)36/h7-10,17-18,21-23,25,29,31H,6,11-16,19-20H2,1-5H3,(H2,37,39,40)/t22-,23?,25-,29+,31?/m0/s1. The van der Waals surface area contributed by atoms with Gasteiger partial charge < -0.3 is 20.3 Å². The van der Waals surface area contributed by atoms with Crippen molar-refractivity contribution in [2.45, 2.75) is 66.0 Å². The Morgan fingerprint density at radius 2 is 2.05 bits per heavy atom. The molecule has 44 heavy (non-hydrogen) atoms. The van der Waals surface area contributed by atoms with Crippen LogP contribution in [-0.2, 0) is 13.0 Å². The lowest BCUT2D eigenvalue weighted by Crippen LogP contribution is -2.56. The molecule has 0 radical (unpaired) electrons. The number of aromatic nitrogens is 2. The number of anilines is 1. The van der Waals surface area contributed by atoms with E-state index in [9.17, 15) is 9.18 Å². The summed E-state index contributed by atoms with van der Waals surface area (Å²) >= 11 is 0. The maximum absolute atomic E-state index is 14.4. The molecule has 7 rings (SSSR count). The number of benzene rings is 2. The highest BCUT2D eigenvalue weighted by atomic mass is 19.1. The zero-order chi connectivity index (χ0) is 31.0. The summed E-state index contributed by atoms with van der Waals surface area (Å²) in [6.45, 7) is 14.0. The summed E-state index contributed by atoms with van der Waals surface area (Å²) < 4.78 is 21.1. The molecule has 1 aromatic heterocycles. The second-order valence-electron chi connectivity index (χ2n) is 13.7. The largest absolute Gasteiger partial charge is 0.497 e. The van der Waals surface area contributed by atoms with Gasteiger partial charge >= 0.3 is 0 Å². The van der Waals surface area contributed by atoms with Crippen molar-refractivity contribution in [1.29, 1.82) is 0 Å². The van der Waals surface area contributed by atoms with Gasteiger partial charge in [-0.1, -0.05) is 33.8 Å². The lowest BCUT2D eigenvalue weighted by atomic mass is 9.45. The molecule has 9 heteroatoms. The Morgan fingerprint density at radius 3 is 2.75 bits per heavy atom. The number of rotatable bonds is 9. The van der Waals surface area contributed by atoms with Gasteiger partial charge in [0.05, 0.1) is 30.4 Å². The van der Waals surface area contributed by atoms with Gasteiger partial charge in [-0.05, 0) is 97.7 Å². The Balaban J connectivity index is 1.18. The number of methoxy groups -OCH3 is 1. The second-order valence-corrected chi connectivity index (χ2v) is 13.7. The van der Waals surface area contributed by atoms with Gasteiger partial charge in [-0.25, -0.2) is 14.4 Å². The van der Waals surface area contributed by atoms with Crippen molar-refractivity contribution in [2.24, 2.45) is 34.1 Å². The molecular formula is C35H47FN6O2. The van der Waals surface area contributed by atoms with Gasteiger partial charge in [0.25, 0.3) is 5.56 Å². The minimum absolute atomic E-state index is 0.137. The molecule has 0 amide bonds. The number of guanidine groups is 1. The molecule has 236 valence electrons. The van der Waals surface area contributed by atoms with Crippen molar-refractivity contribution in [1.82, 2.24) is 19.8 Å². The van der Waals surface area contributed by atoms with Crippen LogP contribution >= 0.6 is 0 Å². The molecule has 2 aromatic carbocycles. The van der Waals surface area contributed by atoms with Crippen LogP contribution < -0.4 is 20.9 Å². The van der Waals surface area contributed by atoms with Gasteiger partial charge in [-0.2, -0.15) is 0 Å². The predicted octanol–water partition coefficient (Wildman–Crippen LogP) is 5.56. The van der Waals surface area contributed by atoms with Crippen molar-refractivity contribution < 1.29 is 9.13 Å². The summed E-state index contributed by atoms with van der Waals surface area (Å²) in [5, 5.41) is 7.77. The fraction of sp³-hybridized carbons (Fsp3) is 0.571. The Bertz CT molecular complexity index is 1590. The predicted molar refractivity (Wildman–Crippen MR) is 175 cm³/mol. The molecule has 3 aromatic rings. The molecule has 8 nitrogen and oxygen atoms in total. The van der Waals surface area contributed by atoms with E-state index in [1.807, 2.05) is 18.2 Å². The van der Waals surface area contributed by atoms with Crippen molar-refractivity contribution in [3.8, 4) is 5.75 Å². The molecule has 1 saturated heterocycles. The van der Waals surface area contributed by atoms with Crippen LogP contribution in [0.1, 0.15) is 52.5 Å². The van der Waals surface area contributed by atoms with E-state index in [4.69, 9.17) is 9.73 Å². The van der Waals surface area contributed by atoms with E-state index in [2.05, 4.69) is 48.2 Å². The minimum atomic E-state index is -0.341. The average molecular weight is 603 g/mol. The lowest BCUT2D eigenvalue weighted by Gasteiger charge is -2.61. The molecule has 4 aliphatic rings. The average Bonchev–Trinajstić information content (AvgIpc) is 3.49. The third kappa shape index (κ3) is 6.08. The summed E-state index contributed by atoms with van der Waals surface area (Å²) in [6.07, 6.45) is 5.59. The van der Waals surface area contributed by atoms with Gasteiger partial charge in [-0.15, -0.1) is 0 Å². The quantitative estimate of drug-likeness (QED) is 0.247. The highest BCUT2D eigenvalue weighted by molar-refractivity contribution is 5.95. The number of nitrogens with one attached hydrogen (secondary N) is 2. The molecule has 2 bridgehead atoms. The van der Waals surface area contributed by atoms with Crippen LogP contribution in [0.2, 0.25) is 0 Å². The van der Waals surface area contributed by atoms with Gasteiger partial charge in [-0.3, -0.25) is 9.36 Å². The highest BCUT2D eigenvalue weighted by Gasteiger charge is 2.56. The number of aryl methyl sites for hydroxylation is 2. The summed E-state index contributed by atoms with van der Waals surface area (Å²) in [7, 11) is 1.51. The number of likely N-dealkylation sites (tertiary alicyclic amines) is 1. The van der Waals surface area contributed by atoms with Crippen molar-refractivity contribution >= 4 is 22.5 Å². The van der Waals surface area contributed by atoms with E-state index in [0.29, 0.717) is 58.5 Å². The van der Waals surface area contributed by atoms with Crippen LogP contribution in [0.5, 0.6) is 5.75 Å². The van der Waals surface area contributed by atoms with Crippen LogP contribution in [0.25, 0.3) is 10.9 Å². The monoisotopic (exact) mass is 602 g/mol. The number of hydrogen-bond donors (Lipinski definition) is 2. The second kappa shape index (κ2) is 12.5. The molecule has 2 N–H and O–H groups in total. The molecule has 5 atom stereocenters. The van der Waals surface area contributed by atoms with Gasteiger partial charge in [0, 0.05) is 31.4 Å².